The summed E-state index contributed by atoms with van der Waals surface area (Å²) in [5.74, 6) is -0.223. The summed E-state index contributed by atoms with van der Waals surface area (Å²) in [7, 11) is 0. The zero-order valence-electron chi connectivity index (χ0n) is 13.6. The van der Waals surface area contributed by atoms with Crippen LogP contribution < -0.4 is 15.5 Å². The van der Waals surface area contributed by atoms with Crippen molar-refractivity contribution in [3.05, 3.63) is 47.9 Å². The number of carbonyl (C=O) groups is 1. The molecule has 3 rings (SSSR count). The second kappa shape index (κ2) is 7.87. The molecule has 1 aromatic heterocycles. The first-order valence-corrected chi connectivity index (χ1v) is 8.18. The number of urea groups is 1. The molecule has 0 saturated carbocycles. The largest absolute Gasteiger partial charge is 0.357 e. The van der Waals surface area contributed by atoms with Gasteiger partial charge in [-0.2, -0.15) is 0 Å². The van der Waals surface area contributed by atoms with Gasteiger partial charge in [-0.3, -0.25) is 0 Å². The van der Waals surface area contributed by atoms with Crippen molar-refractivity contribution in [2.45, 2.75) is 25.8 Å². The standard InChI is InChI=1S/C17H19F2N5O/c18-12-4-5-14(13(19)10-12)22-17(25)21-11-15-20-7-6-16(23-15)24-8-2-1-3-9-24/h4-7,10H,1-3,8-9,11H2,(H2,21,22,25). The minimum Gasteiger partial charge on any atom is -0.357 e. The molecule has 1 aliphatic rings. The molecule has 2 N–H and O–H groups in total. The summed E-state index contributed by atoms with van der Waals surface area (Å²) in [6.07, 6.45) is 5.17. The molecule has 1 saturated heterocycles. The number of halogens is 2. The number of benzene rings is 1. The summed E-state index contributed by atoms with van der Waals surface area (Å²) >= 11 is 0. The maximum Gasteiger partial charge on any atom is 0.319 e. The molecular formula is C17H19F2N5O. The number of hydrogen-bond acceptors (Lipinski definition) is 4. The fourth-order valence-corrected chi connectivity index (χ4v) is 2.69. The van der Waals surface area contributed by atoms with Gasteiger partial charge in [0, 0.05) is 25.4 Å². The van der Waals surface area contributed by atoms with E-state index >= 15 is 0 Å². The minimum absolute atomic E-state index is 0.0955. The first-order valence-electron chi connectivity index (χ1n) is 8.18. The molecule has 0 bridgehead atoms. The van der Waals surface area contributed by atoms with Crippen LogP contribution in [-0.2, 0) is 6.54 Å². The van der Waals surface area contributed by atoms with Crippen LogP contribution in [0.1, 0.15) is 25.1 Å². The Hall–Kier alpha value is -2.77. The molecule has 8 heteroatoms. The smallest absolute Gasteiger partial charge is 0.319 e. The molecule has 0 atom stereocenters. The maximum absolute atomic E-state index is 13.5. The predicted molar refractivity (Wildman–Crippen MR) is 90.3 cm³/mol. The molecule has 2 heterocycles. The van der Waals surface area contributed by atoms with Crippen LogP contribution in [0.5, 0.6) is 0 Å². The van der Waals surface area contributed by atoms with Crippen molar-refractivity contribution in [2.24, 2.45) is 0 Å². The Morgan fingerprint density at radius 2 is 1.96 bits per heavy atom. The van der Waals surface area contributed by atoms with Crippen LogP contribution in [0.25, 0.3) is 0 Å². The second-order valence-corrected chi connectivity index (χ2v) is 5.81. The van der Waals surface area contributed by atoms with E-state index in [-0.39, 0.29) is 12.2 Å². The van der Waals surface area contributed by atoms with Gasteiger partial charge in [0.1, 0.15) is 23.3 Å². The molecule has 0 spiro atoms. The van der Waals surface area contributed by atoms with E-state index in [9.17, 15) is 13.6 Å². The summed E-state index contributed by atoms with van der Waals surface area (Å²) in [6.45, 7) is 2.04. The molecule has 6 nitrogen and oxygen atoms in total. The first-order chi connectivity index (χ1) is 12.1. The number of amides is 2. The highest BCUT2D eigenvalue weighted by Gasteiger charge is 2.13. The third kappa shape index (κ3) is 4.62. The van der Waals surface area contributed by atoms with Gasteiger partial charge >= 0.3 is 6.03 Å². The maximum atomic E-state index is 13.5. The zero-order valence-corrected chi connectivity index (χ0v) is 13.6. The third-order valence-corrected chi connectivity index (χ3v) is 3.96. The Balaban J connectivity index is 1.56. The monoisotopic (exact) mass is 347 g/mol. The van der Waals surface area contributed by atoms with E-state index in [2.05, 4.69) is 25.5 Å². The molecule has 1 aromatic carbocycles. The van der Waals surface area contributed by atoms with Gasteiger partial charge in [-0.05, 0) is 37.5 Å². The number of nitrogens with one attached hydrogen (secondary N) is 2. The second-order valence-electron chi connectivity index (χ2n) is 5.81. The lowest BCUT2D eigenvalue weighted by atomic mass is 10.1. The molecule has 1 fully saturated rings. The van der Waals surface area contributed by atoms with E-state index in [1.54, 1.807) is 6.20 Å². The summed E-state index contributed by atoms with van der Waals surface area (Å²) in [6, 6.07) is 4.18. The van der Waals surface area contributed by atoms with E-state index in [4.69, 9.17) is 0 Å². The first kappa shape index (κ1) is 17.1. The van der Waals surface area contributed by atoms with Crippen LogP contribution in [0, 0.1) is 11.6 Å². The Morgan fingerprint density at radius 1 is 1.16 bits per heavy atom. The van der Waals surface area contributed by atoms with Crippen molar-refractivity contribution in [3.63, 3.8) is 0 Å². The lowest BCUT2D eigenvalue weighted by molar-refractivity contribution is 0.251. The van der Waals surface area contributed by atoms with Crippen LogP contribution >= 0.6 is 0 Å². The summed E-state index contributed by atoms with van der Waals surface area (Å²) in [4.78, 5) is 22.6. The number of piperidine rings is 1. The van der Waals surface area contributed by atoms with Crippen molar-refractivity contribution in [1.29, 1.82) is 0 Å². The summed E-state index contributed by atoms with van der Waals surface area (Å²) < 4.78 is 26.4. The van der Waals surface area contributed by atoms with Gasteiger partial charge in [-0.25, -0.2) is 23.5 Å². The highest BCUT2D eigenvalue weighted by Crippen LogP contribution is 2.17. The molecule has 25 heavy (non-hydrogen) atoms. The number of hydrogen-bond donors (Lipinski definition) is 2. The van der Waals surface area contributed by atoms with Gasteiger partial charge in [0.25, 0.3) is 0 Å². The normalized spacial score (nSPS) is 14.2. The number of rotatable bonds is 4. The highest BCUT2D eigenvalue weighted by atomic mass is 19.1. The number of anilines is 2. The van der Waals surface area contributed by atoms with Crippen LogP contribution in [-0.4, -0.2) is 29.1 Å². The topological polar surface area (TPSA) is 70.2 Å². The average molecular weight is 347 g/mol. The van der Waals surface area contributed by atoms with Crippen LogP contribution in [0.2, 0.25) is 0 Å². The van der Waals surface area contributed by atoms with Gasteiger partial charge in [0.05, 0.1) is 12.2 Å². The molecule has 2 aromatic rings. The van der Waals surface area contributed by atoms with Crippen molar-refractivity contribution < 1.29 is 13.6 Å². The van der Waals surface area contributed by atoms with E-state index < -0.39 is 17.7 Å². The third-order valence-electron chi connectivity index (χ3n) is 3.96. The number of aromatic nitrogens is 2. The van der Waals surface area contributed by atoms with Gasteiger partial charge in [-0.15, -0.1) is 0 Å². The molecule has 0 aliphatic carbocycles. The lowest BCUT2D eigenvalue weighted by Crippen LogP contribution is -2.32. The minimum atomic E-state index is -0.835. The van der Waals surface area contributed by atoms with Gasteiger partial charge in [0.2, 0.25) is 0 Å². The van der Waals surface area contributed by atoms with Gasteiger partial charge in [-0.1, -0.05) is 0 Å². The Kier molecular flexibility index (Phi) is 5.37. The van der Waals surface area contributed by atoms with Crippen LogP contribution in [0.4, 0.5) is 25.1 Å². The predicted octanol–water partition coefficient (Wildman–Crippen LogP) is 3.07. The summed E-state index contributed by atoms with van der Waals surface area (Å²) in [5, 5.41) is 4.89. The van der Waals surface area contributed by atoms with Gasteiger partial charge in [0.15, 0.2) is 0 Å². The quantitative estimate of drug-likeness (QED) is 0.892. The van der Waals surface area contributed by atoms with Crippen molar-refractivity contribution in [3.8, 4) is 0 Å². The van der Waals surface area contributed by atoms with Gasteiger partial charge < -0.3 is 15.5 Å². The van der Waals surface area contributed by atoms with Crippen LogP contribution in [0.15, 0.2) is 30.5 Å². The molecule has 0 radical (unpaired) electrons. The van der Waals surface area contributed by atoms with Crippen LogP contribution in [0.3, 0.4) is 0 Å². The van der Waals surface area contributed by atoms with Crippen molar-refractivity contribution >= 4 is 17.5 Å². The molecular weight excluding hydrogens is 328 g/mol. The number of nitrogens with zero attached hydrogens (tertiary/aromatic N) is 3. The Morgan fingerprint density at radius 3 is 2.72 bits per heavy atom. The van der Waals surface area contributed by atoms with E-state index in [1.807, 2.05) is 6.07 Å². The fourth-order valence-electron chi connectivity index (χ4n) is 2.69. The van der Waals surface area contributed by atoms with E-state index in [0.717, 1.165) is 43.9 Å². The zero-order chi connectivity index (χ0) is 17.6. The fraction of sp³-hybridized carbons (Fsp3) is 0.353. The Bertz CT molecular complexity index is 750. The molecule has 132 valence electrons. The average Bonchev–Trinajstić information content (AvgIpc) is 2.63. The number of carbonyl (C=O) groups excluding carboxylic acids is 1. The molecule has 2 amide bonds. The lowest BCUT2D eigenvalue weighted by Gasteiger charge is -2.27. The van der Waals surface area contributed by atoms with Crippen molar-refractivity contribution in [1.82, 2.24) is 15.3 Å². The molecule has 0 unspecified atom stereocenters. The molecule has 1 aliphatic heterocycles. The Labute approximate surface area is 144 Å². The SMILES string of the molecule is O=C(NCc1nccc(N2CCCCC2)n1)Nc1ccc(F)cc1F. The van der Waals surface area contributed by atoms with Crippen molar-refractivity contribution in [2.75, 3.05) is 23.3 Å². The van der Waals surface area contributed by atoms with E-state index in [0.29, 0.717) is 11.9 Å². The highest BCUT2D eigenvalue weighted by molar-refractivity contribution is 5.89. The summed E-state index contributed by atoms with van der Waals surface area (Å²) in [5.41, 5.74) is -0.0955. The van der Waals surface area contributed by atoms with E-state index in [1.165, 1.54) is 6.42 Å².